The Balaban J connectivity index is 1.38. The van der Waals surface area contributed by atoms with Gasteiger partial charge in [-0.3, -0.25) is 10.2 Å². The van der Waals surface area contributed by atoms with Gasteiger partial charge in [-0.05, 0) is 58.7 Å². The molecule has 3 fully saturated rings. The van der Waals surface area contributed by atoms with Crippen LogP contribution in [-0.4, -0.2) is 65.6 Å². The van der Waals surface area contributed by atoms with Gasteiger partial charge < -0.3 is 14.9 Å². The van der Waals surface area contributed by atoms with E-state index in [0.717, 1.165) is 62.6 Å². The molecule has 1 atom stereocenters. The minimum Gasteiger partial charge on any atom is -0.361 e. The van der Waals surface area contributed by atoms with E-state index in [2.05, 4.69) is 69.4 Å². The number of aryl methyl sites for hydroxylation is 1. The van der Waals surface area contributed by atoms with Crippen molar-refractivity contribution in [1.82, 2.24) is 20.2 Å². The van der Waals surface area contributed by atoms with Crippen molar-refractivity contribution in [3.8, 4) is 0 Å². The van der Waals surface area contributed by atoms with Crippen LogP contribution in [0.5, 0.6) is 0 Å². The summed E-state index contributed by atoms with van der Waals surface area (Å²) >= 11 is 0. The van der Waals surface area contributed by atoms with E-state index in [1.54, 1.807) is 0 Å². The van der Waals surface area contributed by atoms with E-state index in [-0.39, 0.29) is 11.1 Å². The average Bonchev–Trinajstić information content (AvgIpc) is 3.04. The van der Waals surface area contributed by atoms with Crippen LogP contribution in [0.25, 0.3) is 0 Å². The van der Waals surface area contributed by atoms with Crippen molar-refractivity contribution < 1.29 is 5.11 Å². The van der Waals surface area contributed by atoms with E-state index in [0.29, 0.717) is 0 Å². The summed E-state index contributed by atoms with van der Waals surface area (Å²) in [6.07, 6.45) is 6.51. The molecule has 1 saturated carbocycles. The van der Waals surface area contributed by atoms with Crippen LogP contribution in [0.15, 0.2) is 36.5 Å². The Labute approximate surface area is 185 Å². The molecule has 1 aromatic heterocycles. The molecule has 5 rings (SSSR count). The van der Waals surface area contributed by atoms with Crippen LogP contribution in [-0.2, 0) is 5.54 Å². The third kappa shape index (κ3) is 3.49. The second-order valence-electron chi connectivity index (χ2n) is 9.68. The number of aliphatic hydroxyl groups excluding tert-OH is 1. The molecule has 7 heteroatoms. The summed E-state index contributed by atoms with van der Waals surface area (Å²) in [6, 6.07) is 10.9. The first-order valence-electron chi connectivity index (χ1n) is 11.5. The second-order valence-corrected chi connectivity index (χ2v) is 9.68. The van der Waals surface area contributed by atoms with Gasteiger partial charge >= 0.3 is 0 Å². The number of nitrogens with one attached hydrogen (secondary N) is 1. The molecular weight excluding hydrogens is 388 g/mol. The van der Waals surface area contributed by atoms with Gasteiger partial charge in [0, 0.05) is 30.7 Å². The zero-order valence-electron chi connectivity index (χ0n) is 18.9. The zero-order valence-corrected chi connectivity index (χ0v) is 18.9. The van der Waals surface area contributed by atoms with Crippen LogP contribution in [0.2, 0.25) is 0 Å². The maximum atomic E-state index is 11.0. The largest absolute Gasteiger partial charge is 0.361 e. The number of hydrogen-bond donors (Lipinski definition) is 2. The summed E-state index contributed by atoms with van der Waals surface area (Å²) in [6.45, 7) is 4.75. The summed E-state index contributed by atoms with van der Waals surface area (Å²) < 4.78 is 0. The Kier molecular flexibility index (Phi) is 5.15. The standard InChI is InChI=1S/C24H34N6O/c1-18-25-16-20(21(26-18)29-14-7-15-29)30-17-23(27-22(30)31)10-12-24(13-11-23,28(2)3)19-8-5-4-6-9-19/h4-6,8-9,16,22,27,31H,7,10-15,17H2,1-3H3/t22?,23-,24+. The fraction of sp³-hybridized carbons (Fsp3) is 0.583. The molecule has 1 spiro atoms. The highest BCUT2D eigenvalue weighted by molar-refractivity contribution is 5.68. The normalized spacial score (nSPS) is 30.8. The van der Waals surface area contributed by atoms with E-state index in [1.165, 1.54) is 12.0 Å². The lowest BCUT2D eigenvalue weighted by Crippen LogP contribution is -2.54. The lowest BCUT2D eigenvalue weighted by Gasteiger charge is -2.49. The Hall–Kier alpha value is -2.22. The number of nitrogens with zero attached hydrogens (tertiary/aromatic N) is 5. The SMILES string of the molecule is Cc1ncc(N2C[C@]3(CC[C@](c4ccccc4)(N(C)C)CC3)NC2O)c(N2CCC2)n1. The number of aromatic nitrogens is 2. The third-order valence-electron chi connectivity index (χ3n) is 7.74. The maximum Gasteiger partial charge on any atom is 0.184 e. The van der Waals surface area contributed by atoms with E-state index >= 15 is 0 Å². The average molecular weight is 423 g/mol. The number of rotatable bonds is 4. The third-order valence-corrected chi connectivity index (χ3v) is 7.74. The molecule has 1 aliphatic carbocycles. The second kappa shape index (κ2) is 7.73. The fourth-order valence-electron chi connectivity index (χ4n) is 5.63. The zero-order chi connectivity index (χ0) is 21.6. The van der Waals surface area contributed by atoms with Crippen molar-refractivity contribution in [2.24, 2.45) is 0 Å². The van der Waals surface area contributed by atoms with Gasteiger partial charge in [0.25, 0.3) is 0 Å². The molecule has 3 aliphatic rings. The molecule has 2 saturated heterocycles. The molecule has 3 heterocycles. The Morgan fingerprint density at radius 3 is 2.42 bits per heavy atom. The first-order valence-corrected chi connectivity index (χ1v) is 11.5. The van der Waals surface area contributed by atoms with E-state index in [9.17, 15) is 5.11 Å². The predicted octanol–water partition coefficient (Wildman–Crippen LogP) is 2.45. The number of aliphatic hydroxyl groups is 1. The summed E-state index contributed by atoms with van der Waals surface area (Å²) in [5.74, 6) is 1.73. The van der Waals surface area contributed by atoms with Gasteiger partial charge in [-0.2, -0.15) is 0 Å². The van der Waals surface area contributed by atoms with Crippen molar-refractivity contribution >= 4 is 11.5 Å². The summed E-state index contributed by atoms with van der Waals surface area (Å²) in [7, 11) is 4.38. The topological polar surface area (TPSA) is 67.8 Å². The minimum atomic E-state index is -0.713. The maximum absolute atomic E-state index is 11.0. The van der Waals surface area contributed by atoms with Gasteiger partial charge in [-0.25, -0.2) is 9.97 Å². The van der Waals surface area contributed by atoms with Gasteiger partial charge in [-0.1, -0.05) is 30.3 Å². The molecule has 7 nitrogen and oxygen atoms in total. The molecular formula is C24H34N6O. The molecule has 166 valence electrons. The molecule has 0 amide bonds. The van der Waals surface area contributed by atoms with E-state index < -0.39 is 6.35 Å². The lowest BCUT2D eigenvalue weighted by atomic mass is 9.69. The van der Waals surface area contributed by atoms with Crippen LogP contribution >= 0.6 is 0 Å². The highest BCUT2D eigenvalue weighted by Gasteiger charge is 2.50. The monoisotopic (exact) mass is 422 g/mol. The van der Waals surface area contributed by atoms with Gasteiger partial charge in [0.05, 0.1) is 6.20 Å². The predicted molar refractivity (Wildman–Crippen MR) is 123 cm³/mol. The molecule has 0 bridgehead atoms. The smallest absolute Gasteiger partial charge is 0.184 e. The molecule has 0 radical (unpaired) electrons. The molecule has 2 N–H and O–H groups in total. The van der Waals surface area contributed by atoms with E-state index in [1.807, 2.05) is 13.1 Å². The van der Waals surface area contributed by atoms with Crippen molar-refractivity contribution in [2.45, 2.75) is 56.5 Å². The van der Waals surface area contributed by atoms with Crippen LogP contribution in [0, 0.1) is 6.92 Å². The Morgan fingerprint density at radius 2 is 1.81 bits per heavy atom. The first-order chi connectivity index (χ1) is 14.9. The molecule has 31 heavy (non-hydrogen) atoms. The van der Waals surface area contributed by atoms with Gasteiger partial charge in [-0.15, -0.1) is 0 Å². The quantitative estimate of drug-likeness (QED) is 0.784. The van der Waals surface area contributed by atoms with Crippen molar-refractivity contribution in [1.29, 1.82) is 0 Å². The van der Waals surface area contributed by atoms with Crippen LogP contribution in [0.1, 0.15) is 43.5 Å². The van der Waals surface area contributed by atoms with Gasteiger partial charge in [0.1, 0.15) is 11.5 Å². The Bertz CT molecular complexity index is 921. The molecule has 1 aromatic carbocycles. The van der Waals surface area contributed by atoms with Crippen LogP contribution in [0.3, 0.4) is 0 Å². The highest BCUT2D eigenvalue weighted by Crippen LogP contribution is 2.47. The van der Waals surface area contributed by atoms with Gasteiger partial charge in [0.15, 0.2) is 12.2 Å². The van der Waals surface area contributed by atoms with Crippen LogP contribution in [0.4, 0.5) is 11.5 Å². The Morgan fingerprint density at radius 1 is 1.10 bits per heavy atom. The van der Waals surface area contributed by atoms with Crippen molar-refractivity contribution in [3.63, 3.8) is 0 Å². The molecule has 2 aromatic rings. The fourth-order valence-corrected chi connectivity index (χ4v) is 5.63. The molecule has 2 aliphatic heterocycles. The summed E-state index contributed by atoms with van der Waals surface area (Å²) in [5, 5.41) is 14.6. The number of hydrogen-bond acceptors (Lipinski definition) is 7. The highest BCUT2D eigenvalue weighted by atomic mass is 16.3. The summed E-state index contributed by atoms with van der Waals surface area (Å²) in [5.41, 5.74) is 2.28. The van der Waals surface area contributed by atoms with Gasteiger partial charge in [0.2, 0.25) is 0 Å². The summed E-state index contributed by atoms with van der Waals surface area (Å²) in [4.78, 5) is 15.9. The lowest BCUT2D eigenvalue weighted by molar-refractivity contribution is 0.0513. The number of anilines is 2. The van der Waals surface area contributed by atoms with Crippen molar-refractivity contribution in [3.05, 3.63) is 47.9 Å². The minimum absolute atomic E-state index is 0.0440. The van der Waals surface area contributed by atoms with Crippen molar-refractivity contribution in [2.75, 3.05) is 43.5 Å². The molecule has 1 unspecified atom stereocenters. The van der Waals surface area contributed by atoms with E-state index in [4.69, 9.17) is 4.98 Å². The number of benzene rings is 1. The first kappa shape index (κ1) is 20.7. The van der Waals surface area contributed by atoms with Crippen LogP contribution < -0.4 is 15.1 Å².